The molecule has 0 aromatic carbocycles. The number of amides is 1. The molecule has 0 radical (unpaired) electrons. The number of carbonyl (C=O) groups is 1. The number of rotatable bonds is 1. The van der Waals surface area contributed by atoms with E-state index in [0.717, 1.165) is 5.76 Å². The van der Waals surface area contributed by atoms with Crippen molar-refractivity contribution in [3.05, 3.63) is 36.3 Å². The van der Waals surface area contributed by atoms with Crippen molar-refractivity contribution in [1.29, 1.82) is 0 Å². The molecule has 0 saturated carbocycles. The number of allylic oxidation sites excluding steroid dienone is 1. The van der Waals surface area contributed by atoms with E-state index in [1.54, 1.807) is 18.6 Å². The normalized spacial score (nSPS) is 21.7. The molecule has 60 valence electrons. The highest BCUT2D eigenvalue weighted by molar-refractivity contribution is 5.98. The van der Waals surface area contributed by atoms with Gasteiger partial charge in [0.1, 0.15) is 5.76 Å². The Labute approximate surface area is 69.4 Å². The Hall–Kier alpha value is -1.64. The van der Waals surface area contributed by atoms with Gasteiger partial charge in [0.15, 0.2) is 0 Å². The lowest BCUT2D eigenvalue weighted by molar-refractivity contribution is -0.113. The molecule has 12 heavy (non-hydrogen) atoms. The third-order valence-corrected chi connectivity index (χ3v) is 1.68. The SMILES string of the molecule is O=C1C=CC(c2ccco2)C=N1. The number of hydrogen-bond acceptors (Lipinski definition) is 2. The van der Waals surface area contributed by atoms with E-state index in [1.165, 1.54) is 6.08 Å². The fraction of sp³-hybridized carbons (Fsp3) is 0.111. The number of furan rings is 1. The largest absolute Gasteiger partial charge is 0.468 e. The summed E-state index contributed by atoms with van der Waals surface area (Å²) < 4.78 is 5.15. The molecule has 0 aliphatic carbocycles. The number of hydrogen-bond donors (Lipinski definition) is 0. The van der Waals surface area contributed by atoms with Crippen molar-refractivity contribution >= 4 is 12.1 Å². The Morgan fingerprint density at radius 1 is 1.50 bits per heavy atom. The second-order valence-electron chi connectivity index (χ2n) is 2.52. The zero-order valence-corrected chi connectivity index (χ0v) is 6.31. The van der Waals surface area contributed by atoms with Crippen molar-refractivity contribution in [2.24, 2.45) is 4.99 Å². The fourth-order valence-electron chi connectivity index (χ4n) is 1.08. The van der Waals surface area contributed by atoms with Crippen LogP contribution in [0.2, 0.25) is 0 Å². The standard InChI is InChI=1S/C9H7NO2/c11-9-4-3-7(6-10-9)8-2-1-5-12-8/h1-7H. The van der Waals surface area contributed by atoms with Crippen molar-refractivity contribution in [2.45, 2.75) is 5.92 Å². The topological polar surface area (TPSA) is 42.6 Å². The predicted molar refractivity (Wildman–Crippen MR) is 44.1 cm³/mol. The Balaban J connectivity index is 2.23. The molecule has 1 aromatic rings. The molecule has 1 aliphatic rings. The summed E-state index contributed by atoms with van der Waals surface area (Å²) in [5.74, 6) is 0.609. The van der Waals surface area contributed by atoms with Crippen LogP contribution in [0.3, 0.4) is 0 Å². The Bertz CT molecular complexity index is 319. The highest BCUT2D eigenvalue weighted by atomic mass is 16.3. The molecule has 2 rings (SSSR count). The number of dihydropyridines is 1. The number of carbonyl (C=O) groups excluding carboxylic acids is 1. The van der Waals surface area contributed by atoms with Crippen molar-refractivity contribution in [3.8, 4) is 0 Å². The molecule has 3 nitrogen and oxygen atoms in total. The predicted octanol–water partition coefficient (Wildman–Crippen LogP) is 1.53. The molecular weight excluding hydrogens is 154 g/mol. The van der Waals surface area contributed by atoms with E-state index >= 15 is 0 Å². The molecule has 0 bridgehead atoms. The molecule has 0 spiro atoms. The van der Waals surface area contributed by atoms with Gasteiger partial charge in [-0.15, -0.1) is 0 Å². The number of aliphatic imine (C=N–C) groups is 1. The van der Waals surface area contributed by atoms with Crippen LogP contribution in [0, 0.1) is 0 Å². The van der Waals surface area contributed by atoms with E-state index in [2.05, 4.69) is 4.99 Å². The van der Waals surface area contributed by atoms with Crippen LogP contribution in [-0.2, 0) is 4.79 Å². The van der Waals surface area contributed by atoms with Gasteiger partial charge in [-0.05, 0) is 12.1 Å². The molecule has 0 fully saturated rings. The van der Waals surface area contributed by atoms with Crippen LogP contribution in [0.1, 0.15) is 11.7 Å². The summed E-state index contributed by atoms with van der Waals surface area (Å²) in [4.78, 5) is 14.3. The zero-order valence-electron chi connectivity index (χ0n) is 6.31. The maximum atomic E-state index is 10.7. The Kier molecular flexibility index (Phi) is 1.63. The first kappa shape index (κ1) is 7.03. The van der Waals surface area contributed by atoms with Gasteiger partial charge in [0, 0.05) is 12.3 Å². The average Bonchev–Trinajstić information content (AvgIpc) is 2.58. The van der Waals surface area contributed by atoms with E-state index in [0.29, 0.717) is 0 Å². The fourth-order valence-corrected chi connectivity index (χ4v) is 1.08. The van der Waals surface area contributed by atoms with Crippen LogP contribution in [0.4, 0.5) is 0 Å². The lowest BCUT2D eigenvalue weighted by Gasteiger charge is -2.04. The van der Waals surface area contributed by atoms with Gasteiger partial charge in [-0.3, -0.25) is 4.79 Å². The summed E-state index contributed by atoms with van der Waals surface area (Å²) in [5.41, 5.74) is 0. The quantitative estimate of drug-likeness (QED) is 0.626. The molecule has 1 aliphatic heterocycles. The van der Waals surface area contributed by atoms with Crippen LogP contribution < -0.4 is 0 Å². The van der Waals surface area contributed by atoms with Gasteiger partial charge in [-0.2, -0.15) is 0 Å². The molecule has 1 amide bonds. The van der Waals surface area contributed by atoms with Gasteiger partial charge in [0.25, 0.3) is 5.91 Å². The summed E-state index contributed by atoms with van der Waals surface area (Å²) in [6.45, 7) is 0. The molecule has 1 unspecified atom stereocenters. The van der Waals surface area contributed by atoms with Gasteiger partial charge in [-0.25, -0.2) is 4.99 Å². The molecule has 2 heterocycles. The van der Waals surface area contributed by atoms with E-state index in [9.17, 15) is 4.79 Å². The van der Waals surface area contributed by atoms with Gasteiger partial charge in [-0.1, -0.05) is 6.08 Å². The van der Waals surface area contributed by atoms with Crippen molar-refractivity contribution < 1.29 is 9.21 Å². The van der Waals surface area contributed by atoms with Gasteiger partial charge in [0.2, 0.25) is 0 Å². The first-order valence-corrected chi connectivity index (χ1v) is 3.66. The lowest BCUT2D eigenvalue weighted by atomic mass is 10.1. The third-order valence-electron chi connectivity index (χ3n) is 1.68. The van der Waals surface area contributed by atoms with Crippen molar-refractivity contribution in [3.63, 3.8) is 0 Å². The third kappa shape index (κ3) is 1.21. The average molecular weight is 161 g/mol. The maximum Gasteiger partial charge on any atom is 0.269 e. The number of nitrogens with zero attached hydrogens (tertiary/aromatic N) is 1. The lowest BCUT2D eigenvalue weighted by Crippen LogP contribution is -2.03. The van der Waals surface area contributed by atoms with Crippen molar-refractivity contribution in [2.75, 3.05) is 0 Å². The molecular formula is C9H7NO2. The highest BCUT2D eigenvalue weighted by Crippen LogP contribution is 2.17. The first-order valence-electron chi connectivity index (χ1n) is 3.66. The minimum absolute atomic E-state index is 0.0118. The van der Waals surface area contributed by atoms with Crippen LogP contribution in [0.5, 0.6) is 0 Å². The van der Waals surface area contributed by atoms with Gasteiger partial charge < -0.3 is 4.42 Å². The second-order valence-corrected chi connectivity index (χ2v) is 2.52. The molecule has 0 saturated heterocycles. The smallest absolute Gasteiger partial charge is 0.269 e. The first-order chi connectivity index (χ1) is 5.86. The molecule has 1 atom stereocenters. The molecule has 1 aromatic heterocycles. The second kappa shape index (κ2) is 2.77. The van der Waals surface area contributed by atoms with E-state index in [1.807, 2.05) is 12.1 Å². The summed E-state index contributed by atoms with van der Waals surface area (Å²) in [6, 6.07) is 3.67. The summed E-state index contributed by atoms with van der Waals surface area (Å²) >= 11 is 0. The van der Waals surface area contributed by atoms with Crippen LogP contribution >= 0.6 is 0 Å². The van der Waals surface area contributed by atoms with Crippen molar-refractivity contribution in [1.82, 2.24) is 0 Å². The summed E-state index contributed by atoms with van der Waals surface area (Å²) in [7, 11) is 0. The minimum atomic E-state index is -0.210. The zero-order chi connectivity index (χ0) is 8.39. The Morgan fingerprint density at radius 3 is 3.00 bits per heavy atom. The minimum Gasteiger partial charge on any atom is -0.468 e. The van der Waals surface area contributed by atoms with Crippen LogP contribution in [-0.4, -0.2) is 12.1 Å². The van der Waals surface area contributed by atoms with E-state index < -0.39 is 0 Å². The van der Waals surface area contributed by atoms with Crippen LogP contribution in [0.25, 0.3) is 0 Å². The molecule has 0 N–H and O–H groups in total. The van der Waals surface area contributed by atoms with E-state index in [-0.39, 0.29) is 11.8 Å². The monoisotopic (exact) mass is 161 g/mol. The van der Waals surface area contributed by atoms with Gasteiger partial charge in [0.05, 0.1) is 12.2 Å². The van der Waals surface area contributed by atoms with Crippen LogP contribution in [0.15, 0.2) is 40.0 Å². The Morgan fingerprint density at radius 2 is 2.42 bits per heavy atom. The summed E-state index contributed by atoms with van der Waals surface area (Å²) in [5, 5.41) is 0. The highest BCUT2D eigenvalue weighted by Gasteiger charge is 2.11. The van der Waals surface area contributed by atoms with Gasteiger partial charge >= 0.3 is 0 Å². The van der Waals surface area contributed by atoms with E-state index in [4.69, 9.17) is 4.42 Å². The summed E-state index contributed by atoms with van der Waals surface area (Å²) in [6.07, 6.45) is 6.41. The molecule has 3 heteroatoms. The maximum absolute atomic E-state index is 10.7.